The van der Waals surface area contributed by atoms with Crippen LogP contribution in [0.15, 0.2) is 40.3 Å². The van der Waals surface area contributed by atoms with Crippen LogP contribution in [0.2, 0.25) is 0 Å². The normalized spacial score (nSPS) is 13.8. The third-order valence-electron chi connectivity index (χ3n) is 3.95. The molecule has 24 heavy (non-hydrogen) atoms. The second-order valence-electron chi connectivity index (χ2n) is 6.15. The highest BCUT2D eigenvalue weighted by Crippen LogP contribution is 2.25. The van der Waals surface area contributed by atoms with Gasteiger partial charge in [0.25, 0.3) is 5.56 Å². The maximum Gasteiger partial charge on any atom is 0.261 e. The highest BCUT2D eigenvalue weighted by molar-refractivity contribution is 7.99. The van der Waals surface area contributed by atoms with E-state index < -0.39 is 0 Å². The summed E-state index contributed by atoms with van der Waals surface area (Å²) in [5.41, 5.74) is 1.79. The number of rotatable bonds is 6. The molecule has 0 saturated carbocycles. The van der Waals surface area contributed by atoms with E-state index in [1.165, 1.54) is 0 Å². The van der Waals surface area contributed by atoms with Crippen molar-refractivity contribution in [1.29, 1.82) is 0 Å². The Hall–Kier alpha value is -1.79. The van der Waals surface area contributed by atoms with Gasteiger partial charge >= 0.3 is 0 Å². The molecule has 3 rings (SSSR count). The third kappa shape index (κ3) is 3.99. The first kappa shape index (κ1) is 17.0. The number of benzene rings is 1. The number of ether oxygens (including phenoxy) is 1. The zero-order valence-electron chi connectivity index (χ0n) is 14.2. The number of hydrogen-bond donors (Lipinski definition) is 0. The topological polar surface area (TPSA) is 47.4 Å². The second-order valence-corrected chi connectivity index (χ2v) is 7.21. The number of nitrogens with zero attached hydrogens (tertiary/aromatic N) is 3. The standard InChI is InChI=1S/C18H23N3O2S/c1-20(2)10-11-23-16-15(13-14-7-4-3-5-8-14)17(22)21-9-6-12-24-18(21)19-16/h3-5,7-8H,6,9-13H2,1-2H3. The average Bonchev–Trinajstić information content (AvgIpc) is 2.59. The summed E-state index contributed by atoms with van der Waals surface area (Å²) in [6.07, 6.45) is 1.56. The lowest BCUT2D eigenvalue weighted by atomic mass is 10.1. The molecule has 5 nitrogen and oxygen atoms in total. The van der Waals surface area contributed by atoms with E-state index in [2.05, 4.69) is 9.88 Å². The van der Waals surface area contributed by atoms with Gasteiger partial charge in [0.2, 0.25) is 5.88 Å². The van der Waals surface area contributed by atoms with E-state index in [1.807, 2.05) is 44.4 Å². The summed E-state index contributed by atoms with van der Waals surface area (Å²) in [5.74, 6) is 1.49. The molecular weight excluding hydrogens is 322 g/mol. The molecule has 0 aliphatic carbocycles. The van der Waals surface area contributed by atoms with Crippen LogP contribution < -0.4 is 10.3 Å². The Bertz CT molecular complexity index is 744. The molecule has 6 heteroatoms. The number of aromatic nitrogens is 2. The van der Waals surface area contributed by atoms with Gasteiger partial charge in [-0.05, 0) is 26.1 Å². The summed E-state index contributed by atoms with van der Waals surface area (Å²) in [6.45, 7) is 2.06. The summed E-state index contributed by atoms with van der Waals surface area (Å²) in [5, 5.41) is 0.780. The summed E-state index contributed by atoms with van der Waals surface area (Å²) in [6, 6.07) is 10.0. The minimum atomic E-state index is 0.0379. The number of fused-ring (bicyclic) bond motifs is 1. The van der Waals surface area contributed by atoms with Crippen molar-refractivity contribution in [2.75, 3.05) is 33.0 Å². The van der Waals surface area contributed by atoms with Crippen LogP contribution in [0.4, 0.5) is 0 Å². The van der Waals surface area contributed by atoms with Crippen LogP contribution in [-0.2, 0) is 13.0 Å². The Morgan fingerprint density at radius 2 is 2.08 bits per heavy atom. The fourth-order valence-corrected chi connectivity index (χ4v) is 3.58. The Labute approximate surface area is 146 Å². The zero-order valence-corrected chi connectivity index (χ0v) is 15.0. The van der Waals surface area contributed by atoms with Crippen LogP contribution in [-0.4, -0.2) is 47.5 Å². The smallest absolute Gasteiger partial charge is 0.261 e. The van der Waals surface area contributed by atoms with E-state index >= 15 is 0 Å². The minimum absolute atomic E-state index is 0.0379. The largest absolute Gasteiger partial charge is 0.476 e. The van der Waals surface area contributed by atoms with Gasteiger partial charge in [-0.3, -0.25) is 9.36 Å². The van der Waals surface area contributed by atoms with E-state index in [0.717, 1.165) is 36.0 Å². The fraction of sp³-hybridized carbons (Fsp3) is 0.444. The van der Waals surface area contributed by atoms with Crippen molar-refractivity contribution in [3.63, 3.8) is 0 Å². The fourth-order valence-electron chi connectivity index (χ4n) is 2.64. The highest BCUT2D eigenvalue weighted by atomic mass is 32.2. The lowest BCUT2D eigenvalue weighted by molar-refractivity contribution is 0.248. The minimum Gasteiger partial charge on any atom is -0.476 e. The average molecular weight is 345 g/mol. The molecule has 0 bridgehead atoms. The monoisotopic (exact) mass is 345 g/mol. The molecule has 1 aliphatic heterocycles. The first-order chi connectivity index (χ1) is 11.6. The summed E-state index contributed by atoms with van der Waals surface area (Å²) >= 11 is 1.63. The lowest BCUT2D eigenvalue weighted by Gasteiger charge is -2.20. The Kier molecular flexibility index (Phi) is 5.58. The molecule has 1 aromatic carbocycles. The van der Waals surface area contributed by atoms with Gasteiger partial charge in [0, 0.05) is 25.3 Å². The molecule has 0 fully saturated rings. The van der Waals surface area contributed by atoms with Crippen LogP contribution >= 0.6 is 11.8 Å². The first-order valence-corrected chi connectivity index (χ1v) is 9.21. The number of hydrogen-bond acceptors (Lipinski definition) is 5. The van der Waals surface area contributed by atoms with Gasteiger partial charge in [-0.2, -0.15) is 4.98 Å². The summed E-state index contributed by atoms with van der Waals surface area (Å²) < 4.78 is 7.68. The predicted octanol–water partition coefficient (Wildman–Crippen LogP) is 2.27. The SMILES string of the molecule is CN(C)CCOc1nc2n(c(=O)c1Cc1ccccc1)CCCS2. The van der Waals surface area contributed by atoms with Gasteiger partial charge in [0.1, 0.15) is 6.61 Å². The maximum atomic E-state index is 13.0. The Morgan fingerprint density at radius 3 is 2.83 bits per heavy atom. The van der Waals surface area contributed by atoms with Crippen molar-refractivity contribution in [1.82, 2.24) is 14.5 Å². The third-order valence-corrected chi connectivity index (χ3v) is 5.01. The van der Waals surface area contributed by atoms with Crippen molar-refractivity contribution in [2.45, 2.75) is 24.5 Å². The van der Waals surface area contributed by atoms with Crippen LogP contribution in [0.1, 0.15) is 17.5 Å². The van der Waals surface area contributed by atoms with Gasteiger partial charge in [0.05, 0.1) is 5.56 Å². The molecule has 0 saturated heterocycles. The van der Waals surface area contributed by atoms with Gasteiger partial charge in [-0.25, -0.2) is 0 Å². The molecule has 1 aliphatic rings. The number of thioether (sulfide) groups is 1. The molecule has 2 aromatic rings. The van der Waals surface area contributed by atoms with Crippen LogP contribution in [0.3, 0.4) is 0 Å². The number of likely N-dealkylation sites (N-methyl/N-ethyl adjacent to an activating group) is 1. The van der Waals surface area contributed by atoms with E-state index in [1.54, 1.807) is 16.3 Å². The summed E-state index contributed by atoms with van der Waals surface area (Å²) in [7, 11) is 4.00. The molecule has 0 spiro atoms. The van der Waals surface area contributed by atoms with Gasteiger partial charge in [0.15, 0.2) is 5.16 Å². The van der Waals surface area contributed by atoms with Gasteiger partial charge in [-0.1, -0.05) is 42.1 Å². The molecular formula is C18H23N3O2S. The molecule has 0 N–H and O–H groups in total. The Morgan fingerprint density at radius 1 is 1.29 bits per heavy atom. The highest BCUT2D eigenvalue weighted by Gasteiger charge is 2.20. The van der Waals surface area contributed by atoms with E-state index in [-0.39, 0.29) is 5.56 Å². The molecule has 0 radical (unpaired) electrons. The van der Waals surface area contributed by atoms with Crippen molar-refractivity contribution in [3.05, 3.63) is 51.8 Å². The van der Waals surface area contributed by atoms with Crippen molar-refractivity contribution in [2.24, 2.45) is 0 Å². The molecule has 128 valence electrons. The van der Waals surface area contributed by atoms with E-state index in [4.69, 9.17) is 4.74 Å². The summed E-state index contributed by atoms with van der Waals surface area (Å²) in [4.78, 5) is 19.7. The lowest BCUT2D eigenvalue weighted by Crippen LogP contribution is -2.30. The van der Waals surface area contributed by atoms with Crippen molar-refractivity contribution >= 4 is 11.8 Å². The molecule has 0 unspecified atom stereocenters. The molecule has 0 amide bonds. The molecule has 2 heterocycles. The molecule has 1 aromatic heterocycles. The Balaban J connectivity index is 1.94. The quantitative estimate of drug-likeness (QED) is 0.752. The molecule has 0 atom stereocenters. The van der Waals surface area contributed by atoms with Crippen LogP contribution in [0, 0.1) is 0 Å². The predicted molar refractivity (Wildman–Crippen MR) is 97.1 cm³/mol. The van der Waals surface area contributed by atoms with Crippen molar-refractivity contribution < 1.29 is 4.74 Å². The second kappa shape index (κ2) is 7.85. The van der Waals surface area contributed by atoms with Gasteiger partial charge in [-0.15, -0.1) is 0 Å². The van der Waals surface area contributed by atoms with E-state index in [9.17, 15) is 4.79 Å². The zero-order chi connectivity index (χ0) is 16.9. The van der Waals surface area contributed by atoms with Gasteiger partial charge < -0.3 is 9.64 Å². The first-order valence-electron chi connectivity index (χ1n) is 8.23. The van der Waals surface area contributed by atoms with E-state index in [0.29, 0.717) is 24.5 Å². The maximum absolute atomic E-state index is 13.0. The van der Waals surface area contributed by atoms with Crippen molar-refractivity contribution in [3.8, 4) is 5.88 Å². The van der Waals surface area contributed by atoms with Crippen LogP contribution in [0.5, 0.6) is 5.88 Å². The van der Waals surface area contributed by atoms with Crippen LogP contribution in [0.25, 0.3) is 0 Å².